The van der Waals surface area contributed by atoms with Crippen LogP contribution in [-0.4, -0.2) is 64.1 Å². The van der Waals surface area contributed by atoms with E-state index in [1.54, 1.807) is 4.68 Å². The Kier molecular flexibility index (Phi) is 5.96. The topological polar surface area (TPSA) is 70.5 Å². The molecule has 0 radical (unpaired) electrons. The van der Waals surface area contributed by atoms with E-state index in [1.165, 1.54) is 6.42 Å². The summed E-state index contributed by atoms with van der Waals surface area (Å²) in [6, 6.07) is 0. The maximum absolute atomic E-state index is 12.6. The van der Waals surface area contributed by atoms with E-state index >= 15 is 0 Å². The first kappa shape index (κ1) is 18.9. The highest BCUT2D eigenvalue weighted by atomic mass is 16.2. The van der Waals surface area contributed by atoms with E-state index in [0.717, 1.165) is 68.9 Å². The molecule has 3 heterocycles. The summed E-state index contributed by atoms with van der Waals surface area (Å²) in [6.45, 7) is 7.69. The van der Waals surface area contributed by atoms with E-state index in [0.29, 0.717) is 12.5 Å². The van der Waals surface area contributed by atoms with Crippen LogP contribution in [0.3, 0.4) is 0 Å². The van der Waals surface area contributed by atoms with Crippen LogP contribution in [0.2, 0.25) is 0 Å². The summed E-state index contributed by atoms with van der Waals surface area (Å²) in [5, 5.41) is 7.32. The number of likely N-dealkylation sites (tertiary alicyclic amines) is 2. The Morgan fingerprint density at radius 3 is 2.31 bits per heavy atom. The van der Waals surface area contributed by atoms with Crippen molar-refractivity contribution in [1.29, 1.82) is 0 Å². The van der Waals surface area contributed by atoms with Crippen molar-refractivity contribution in [3.8, 4) is 0 Å². The van der Waals surface area contributed by atoms with E-state index in [-0.39, 0.29) is 11.8 Å². The molecule has 1 N–H and O–H groups in total. The van der Waals surface area contributed by atoms with Crippen LogP contribution in [0.5, 0.6) is 0 Å². The number of aryl methyl sites for hydroxylation is 2. The molecular weight excluding hydrogens is 330 g/mol. The van der Waals surface area contributed by atoms with Crippen molar-refractivity contribution in [3.63, 3.8) is 0 Å². The molecule has 0 bridgehead atoms. The van der Waals surface area contributed by atoms with Crippen molar-refractivity contribution in [3.05, 3.63) is 11.4 Å². The lowest BCUT2D eigenvalue weighted by molar-refractivity contribution is -0.138. The van der Waals surface area contributed by atoms with Crippen molar-refractivity contribution in [2.75, 3.05) is 38.0 Å². The maximum Gasteiger partial charge on any atom is 0.238 e. The molecule has 3 rings (SSSR count). The molecule has 0 atom stereocenters. The van der Waals surface area contributed by atoms with Gasteiger partial charge >= 0.3 is 0 Å². The van der Waals surface area contributed by atoms with Gasteiger partial charge in [0.1, 0.15) is 0 Å². The van der Waals surface area contributed by atoms with E-state index < -0.39 is 0 Å². The van der Waals surface area contributed by atoms with Crippen molar-refractivity contribution < 1.29 is 9.59 Å². The van der Waals surface area contributed by atoms with Gasteiger partial charge in [0.25, 0.3) is 0 Å². The molecular formula is C19H31N5O2. The SMILES string of the molecule is Cc1nn(C)c(C)c1NC(=O)CN1CCC(C(=O)N2CCCCC2)CC1. The van der Waals surface area contributed by atoms with Crippen LogP contribution in [0.25, 0.3) is 0 Å². The van der Waals surface area contributed by atoms with Crippen molar-refractivity contribution in [2.24, 2.45) is 13.0 Å². The predicted molar refractivity (Wildman–Crippen MR) is 101 cm³/mol. The third kappa shape index (κ3) is 4.26. The summed E-state index contributed by atoms with van der Waals surface area (Å²) >= 11 is 0. The fraction of sp³-hybridized carbons (Fsp3) is 0.737. The largest absolute Gasteiger partial charge is 0.342 e. The number of carbonyl (C=O) groups is 2. The third-order valence-corrected chi connectivity index (χ3v) is 5.75. The first-order valence-electron chi connectivity index (χ1n) is 9.77. The molecule has 0 spiro atoms. The number of amides is 2. The van der Waals surface area contributed by atoms with Crippen LogP contribution in [-0.2, 0) is 16.6 Å². The van der Waals surface area contributed by atoms with Crippen LogP contribution in [0, 0.1) is 19.8 Å². The second-order valence-corrected chi connectivity index (χ2v) is 7.65. The second kappa shape index (κ2) is 8.20. The van der Waals surface area contributed by atoms with Gasteiger partial charge in [-0.3, -0.25) is 19.2 Å². The number of anilines is 1. The first-order chi connectivity index (χ1) is 12.5. The lowest BCUT2D eigenvalue weighted by Crippen LogP contribution is -2.45. The quantitative estimate of drug-likeness (QED) is 0.886. The summed E-state index contributed by atoms with van der Waals surface area (Å²) in [6.07, 6.45) is 5.23. The van der Waals surface area contributed by atoms with Gasteiger partial charge in [0.15, 0.2) is 0 Å². The molecule has 7 nitrogen and oxygen atoms in total. The highest BCUT2D eigenvalue weighted by molar-refractivity contribution is 5.93. The molecule has 0 unspecified atom stereocenters. The highest BCUT2D eigenvalue weighted by Crippen LogP contribution is 2.22. The number of hydrogen-bond donors (Lipinski definition) is 1. The molecule has 0 aliphatic carbocycles. The van der Waals surface area contributed by atoms with E-state index in [9.17, 15) is 9.59 Å². The normalized spacial score (nSPS) is 19.6. The summed E-state index contributed by atoms with van der Waals surface area (Å²) in [4.78, 5) is 29.2. The van der Waals surface area contributed by atoms with Crippen LogP contribution >= 0.6 is 0 Å². The molecule has 2 fully saturated rings. The zero-order valence-corrected chi connectivity index (χ0v) is 16.3. The van der Waals surface area contributed by atoms with Gasteiger partial charge in [-0.2, -0.15) is 5.10 Å². The Balaban J connectivity index is 1.46. The molecule has 2 amide bonds. The summed E-state index contributed by atoms with van der Waals surface area (Å²) < 4.78 is 1.78. The van der Waals surface area contributed by atoms with E-state index in [2.05, 4.69) is 15.3 Å². The third-order valence-electron chi connectivity index (χ3n) is 5.75. The van der Waals surface area contributed by atoms with Gasteiger partial charge < -0.3 is 10.2 Å². The van der Waals surface area contributed by atoms with Gasteiger partial charge in [0, 0.05) is 26.1 Å². The minimum atomic E-state index is -0.00925. The van der Waals surface area contributed by atoms with Gasteiger partial charge in [-0.25, -0.2) is 0 Å². The summed E-state index contributed by atoms with van der Waals surface area (Å²) in [5.74, 6) is 0.454. The van der Waals surface area contributed by atoms with Crippen molar-refractivity contribution in [1.82, 2.24) is 19.6 Å². The zero-order valence-electron chi connectivity index (χ0n) is 16.3. The number of aromatic nitrogens is 2. The van der Waals surface area contributed by atoms with Gasteiger partial charge in [0.2, 0.25) is 11.8 Å². The molecule has 26 heavy (non-hydrogen) atoms. The number of piperidine rings is 2. The van der Waals surface area contributed by atoms with E-state index in [1.807, 2.05) is 25.8 Å². The van der Waals surface area contributed by atoms with Gasteiger partial charge in [-0.15, -0.1) is 0 Å². The Morgan fingerprint density at radius 1 is 1.08 bits per heavy atom. The molecule has 2 saturated heterocycles. The maximum atomic E-state index is 12.6. The second-order valence-electron chi connectivity index (χ2n) is 7.65. The average molecular weight is 361 g/mol. The summed E-state index contributed by atoms with van der Waals surface area (Å²) in [7, 11) is 1.88. The van der Waals surface area contributed by atoms with E-state index in [4.69, 9.17) is 0 Å². The fourth-order valence-corrected chi connectivity index (χ4v) is 4.05. The van der Waals surface area contributed by atoms with Crippen LogP contribution in [0.15, 0.2) is 0 Å². The number of hydrogen-bond acceptors (Lipinski definition) is 4. The lowest BCUT2D eigenvalue weighted by Gasteiger charge is -2.35. The zero-order chi connectivity index (χ0) is 18.7. The first-order valence-corrected chi connectivity index (χ1v) is 9.77. The minimum absolute atomic E-state index is 0.00925. The molecule has 1 aromatic heterocycles. The molecule has 2 aliphatic heterocycles. The van der Waals surface area contributed by atoms with Gasteiger partial charge in [-0.05, 0) is 59.0 Å². The molecule has 1 aromatic rings. The molecule has 0 saturated carbocycles. The van der Waals surface area contributed by atoms with Crippen molar-refractivity contribution >= 4 is 17.5 Å². The fourth-order valence-electron chi connectivity index (χ4n) is 4.05. The van der Waals surface area contributed by atoms with Gasteiger partial charge in [0.05, 0.1) is 23.6 Å². The molecule has 2 aliphatic rings. The predicted octanol–water partition coefficient (Wildman–Crippen LogP) is 1.70. The van der Waals surface area contributed by atoms with Crippen LogP contribution < -0.4 is 5.32 Å². The molecule has 144 valence electrons. The Morgan fingerprint density at radius 2 is 1.73 bits per heavy atom. The Hall–Kier alpha value is -1.89. The number of carbonyl (C=O) groups excluding carboxylic acids is 2. The Labute approximate surface area is 155 Å². The number of nitrogens with zero attached hydrogens (tertiary/aromatic N) is 4. The van der Waals surface area contributed by atoms with Crippen molar-refractivity contribution in [2.45, 2.75) is 46.0 Å². The smallest absolute Gasteiger partial charge is 0.238 e. The average Bonchev–Trinajstić information content (AvgIpc) is 2.88. The standard InChI is InChI=1S/C19H31N5O2/c1-14-18(15(2)22(3)21-14)20-17(25)13-23-11-7-16(8-12-23)19(26)24-9-5-4-6-10-24/h16H,4-13H2,1-3H3,(H,20,25). The molecule has 7 heteroatoms. The molecule has 0 aromatic carbocycles. The number of nitrogens with one attached hydrogen (secondary N) is 1. The lowest BCUT2D eigenvalue weighted by atomic mass is 9.94. The number of rotatable bonds is 4. The van der Waals surface area contributed by atoms with Gasteiger partial charge in [-0.1, -0.05) is 0 Å². The van der Waals surface area contributed by atoms with Crippen LogP contribution in [0.1, 0.15) is 43.5 Å². The van der Waals surface area contributed by atoms with Crippen LogP contribution in [0.4, 0.5) is 5.69 Å². The highest BCUT2D eigenvalue weighted by Gasteiger charge is 2.29. The summed E-state index contributed by atoms with van der Waals surface area (Å²) in [5.41, 5.74) is 2.61. The monoisotopic (exact) mass is 361 g/mol. The Bertz CT molecular complexity index is 655. The minimum Gasteiger partial charge on any atom is -0.342 e.